The third-order valence-corrected chi connectivity index (χ3v) is 3.88. The van der Waals surface area contributed by atoms with E-state index >= 15 is 0 Å². The van der Waals surface area contributed by atoms with Gasteiger partial charge >= 0.3 is 0 Å². The topological polar surface area (TPSA) is 48.1 Å². The Hall–Kier alpha value is -1.88. The number of hydrogen-bond donors (Lipinski definition) is 4. The second-order valence-electron chi connectivity index (χ2n) is 5.86. The summed E-state index contributed by atoms with van der Waals surface area (Å²) in [6.07, 6.45) is 1.06. The summed E-state index contributed by atoms with van der Waals surface area (Å²) in [5.41, 5.74) is 8.28. The predicted molar refractivity (Wildman–Crippen MR) is 99.1 cm³/mol. The van der Waals surface area contributed by atoms with Crippen LogP contribution < -0.4 is 21.5 Å². The molecule has 0 aromatic heterocycles. The van der Waals surface area contributed by atoms with E-state index in [2.05, 4.69) is 77.5 Å². The van der Waals surface area contributed by atoms with E-state index in [1.54, 1.807) is 0 Å². The molecule has 0 saturated heterocycles. The average Bonchev–Trinajstić information content (AvgIpc) is 2.57. The van der Waals surface area contributed by atoms with Crippen LogP contribution in [0.2, 0.25) is 0 Å². The fraction of sp³-hybridized carbons (Fsp3) is 0.368. The van der Waals surface area contributed by atoms with Gasteiger partial charge in [0.1, 0.15) is 0 Å². The molecule has 0 radical (unpaired) electrons. The summed E-state index contributed by atoms with van der Waals surface area (Å²) in [4.78, 5) is 0. The number of benzene rings is 2. The molecular formula is C19H28N4. The monoisotopic (exact) mass is 312 g/mol. The molecule has 0 bridgehead atoms. The lowest BCUT2D eigenvalue weighted by molar-refractivity contribution is 0.513. The van der Waals surface area contributed by atoms with E-state index in [4.69, 9.17) is 0 Å². The maximum absolute atomic E-state index is 4.01. The highest BCUT2D eigenvalue weighted by Crippen LogP contribution is 2.18. The van der Waals surface area contributed by atoms with E-state index in [1.165, 1.54) is 16.3 Å². The Balaban J connectivity index is 1.73. The second kappa shape index (κ2) is 9.30. The van der Waals surface area contributed by atoms with Crippen LogP contribution in [0, 0.1) is 0 Å². The molecule has 2 rings (SSSR count). The Morgan fingerprint density at radius 2 is 1.91 bits per heavy atom. The van der Waals surface area contributed by atoms with Gasteiger partial charge in [0.2, 0.25) is 0 Å². The van der Waals surface area contributed by atoms with E-state index in [0.717, 1.165) is 31.8 Å². The van der Waals surface area contributed by atoms with Crippen molar-refractivity contribution in [2.24, 2.45) is 0 Å². The number of fused-ring (bicyclic) bond motifs is 1. The molecule has 0 amide bonds. The van der Waals surface area contributed by atoms with Crippen molar-refractivity contribution in [3.05, 3.63) is 60.3 Å². The Morgan fingerprint density at radius 3 is 2.74 bits per heavy atom. The Bertz CT molecular complexity index is 618. The van der Waals surface area contributed by atoms with Gasteiger partial charge in [-0.1, -0.05) is 49.0 Å². The molecule has 0 saturated carbocycles. The van der Waals surface area contributed by atoms with Crippen LogP contribution in [0.15, 0.2) is 54.7 Å². The number of hydrogen-bond acceptors (Lipinski definition) is 4. The van der Waals surface area contributed by atoms with Crippen LogP contribution in [-0.4, -0.2) is 26.2 Å². The van der Waals surface area contributed by atoms with Crippen molar-refractivity contribution in [1.29, 1.82) is 0 Å². The first-order valence-corrected chi connectivity index (χ1v) is 8.22. The van der Waals surface area contributed by atoms with Crippen LogP contribution in [0.5, 0.6) is 0 Å². The Kier molecular flexibility index (Phi) is 7.07. The van der Waals surface area contributed by atoms with Crippen LogP contribution in [-0.2, 0) is 6.54 Å². The van der Waals surface area contributed by atoms with Crippen molar-refractivity contribution >= 4 is 10.8 Å². The van der Waals surface area contributed by atoms with Crippen molar-refractivity contribution in [3.63, 3.8) is 0 Å². The standard InChI is InChI=1S/C19H28N4/c1-15(23-16(2)13-22-20-3)11-12-21-14-18-9-6-8-17-7-4-5-10-19(17)18/h4-10,15,20-23H,2,11-14H2,1,3H3. The van der Waals surface area contributed by atoms with Gasteiger partial charge in [0, 0.05) is 24.8 Å². The van der Waals surface area contributed by atoms with E-state index < -0.39 is 0 Å². The summed E-state index contributed by atoms with van der Waals surface area (Å²) in [6.45, 7) is 8.79. The summed E-state index contributed by atoms with van der Waals surface area (Å²) in [5, 5.41) is 9.58. The highest BCUT2D eigenvalue weighted by atomic mass is 15.3. The zero-order chi connectivity index (χ0) is 16.5. The van der Waals surface area contributed by atoms with Crippen LogP contribution >= 0.6 is 0 Å². The molecule has 0 aliphatic heterocycles. The van der Waals surface area contributed by atoms with Gasteiger partial charge in [-0.15, -0.1) is 0 Å². The Labute approximate surface area is 139 Å². The SMILES string of the molecule is C=C(CNNC)NC(C)CCNCc1cccc2ccccc12. The smallest absolute Gasteiger partial charge is 0.0492 e. The Morgan fingerprint density at radius 1 is 1.13 bits per heavy atom. The van der Waals surface area contributed by atoms with Gasteiger partial charge in [0.05, 0.1) is 0 Å². The fourth-order valence-corrected chi connectivity index (χ4v) is 2.66. The fourth-order valence-electron chi connectivity index (χ4n) is 2.66. The van der Waals surface area contributed by atoms with Crippen LogP contribution in [0.3, 0.4) is 0 Å². The highest BCUT2D eigenvalue weighted by molar-refractivity contribution is 5.85. The lowest BCUT2D eigenvalue weighted by Gasteiger charge is -2.18. The van der Waals surface area contributed by atoms with Crippen LogP contribution in [0.1, 0.15) is 18.9 Å². The second-order valence-corrected chi connectivity index (χ2v) is 5.86. The molecule has 1 atom stereocenters. The van der Waals surface area contributed by atoms with Gasteiger partial charge in [-0.05, 0) is 43.3 Å². The van der Waals surface area contributed by atoms with Gasteiger partial charge in [-0.2, -0.15) is 0 Å². The zero-order valence-corrected chi connectivity index (χ0v) is 14.2. The zero-order valence-electron chi connectivity index (χ0n) is 14.2. The van der Waals surface area contributed by atoms with Crippen LogP contribution in [0.4, 0.5) is 0 Å². The van der Waals surface area contributed by atoms with Crippen molar-refractivity contribution in [1.82, 2.24) is 21.5 Å². The molecule has 4 nitrogen and oxygen atoms in total. The molecule has 0 aliphatic carbocycles. The first kappa shape index (κ1) is 17.5. The quantitative estimate of drug-likeness (QED) is 0.402. The number of hydrazine groups is 1. The van der Waals surface area contributed by atoms with Gasteiger partial charge in [0.25, 0.3) is 0 Å². The summed E-state index contributed by atoms with van der Waals surface area (Å²) < 4.78 is 0. The third kappa shape index (κ3) is 5.67. The van der Waals surface area contributed by atoms with Gasteiger partial charge in [0.15, 0.2) is 0 Å². The molecule has 0 heterocycles. The van der Waals surface area contributed by atoms with E-state index in [0.29, 0.717) is 6.04 Å². The molecule has 4 N–H and O–H groups in total. The van der Waals surface area contributed by atoms with Gasteiger partial charge in [-0.3, -0.25) is 10.9 Å². The minimum atomic E-state index is 0.404. The molecule has 1 unspecified atom stereocenters. The maximum atomic E-state index is 4.01. The molecule has 23 heavy (non-hydrogen) atoms. The molecule has 0 fully saturated rings. The molecule has 0 aliphatic rings. The van der Waals surface area contributed by atoms with Crippen molar-refractivity contribution in [3.8, 4) is 0 Å². The van der Waals surface area contributed by atoms with Gasteiger partial charge < -0.3 is 10.6 Å². The van der Waals surface area contributed by atoms with Crippen molar-refractivity contribution in [2.75, 3.05) is 20.1 Å². The first-order chi connectivity index (χ1) is 11.2. The molecule has 124 valence electrons. The maximum Gasteiger partial charge on any atom is 0.0492 e. The highest BCUT2D eigenvalue weighted by Gasteiger charge is 2.03. The minimum Gasteiger partial charge on any atom is -0.385 e. The molecule has 0 spiro atoms. The normalized spacial score (nSPS) is 12.3. The summed E-state index contributed by atoms with van der Waals surface area (Å²) in [5.74, 6) is 0. The number of nitrogens with one attached hydrogen (secondary N) is 4. The lowest BCUT2D eigenvalue weighted by atomic mass is 10.0. The van der Waals surface area contributed by atoms with Crippen molar-refractivity contribution in [2.45, 2.75) is 25.9 Å². The van der Waals surface area contributed by atoms with E-state index in [-0.39, 0.29) is 0 Å². The largest absolute Gasteiger partial charge is 0.385 e. The summed E-state index contributed by atoms with van der Waals surface area (Å²) >= 11 is 0. The average molecular weight is 312 g/mol. The van der Waals surface area contributed by atoms with E-state index in [1.807, 2.05) is 7.05 Å². The lowest BCUT2D eigenvalue weighted by Crippen LogP contribution is -2.36. The number of rotatable bonds is 10. The summed E-state index contributed by atoms with van der Waals surface area (Å²) in [6, 6.07) is 15.4. The van der Waals surface area contributed by atoms with Crippen molar-refractivity contribution < 1.29 is 0 Å². The minimum absolute atomic E-state index is 0.404. The first-order valence-electron chi connectivity index (χ1n) is 8.22. The summed E-state index contributed by atoms with van der Waals surface area (Å²) in [7, 11) is 1.86. The molecule has 2 aromatic rings. The van der Waals surface area contributed by atoms with Gasteiger partial charge in [-0.25, -0.2) is 0 Å². The predicted octanol–water partition coefficient (Wildman–Crippen LogP) is 2.54. The molecular weight excluding hydrogens is 284 g/mol. The van der Waals surface area contributed by atoms with E-state index in [9.17, 15) is 0 Å². The molecule has 4 heteroatoms. The van der Waals surface area contributed by atoms with Crippen LogP contribution in [0.25, 0.3) is 10.8 Å². The molecule has 2 aromatic carbocycles. The third-order valence-electron chi connectivity index (χ3n) is 3.88.